The Kier molecular flexibility index (Phi) is 6.82. The summed E-state index contributed by atoms with van der Waals surface area (Å²) < 4.78 is 24.2. The minimum absolute atomic E-state index is 0.172. The number of carbonyl (C=O) groups excluding carboxylic acids is 1. The zero-order valence-electron chi connectivity index (χ0n) is 17.7. The second-order valence-electron chi connectivity index (χ2n) is 7.49. The van der Waals surface area contributed by atoms with E-state index < -0.39 is 0 Å². The van der Waals surface area contributed by atoms with Crippen LogP contribution < -0.4 is 20.1 Å². The average molecular weight is 413 g/mol. The Morgan fingerprint density at radius 1 is 1.10 bits per heavy atom. The van der Waals surface area contributed by atoms with Gasteiger partial charge in [-0.1, -0.05) is 19.9 Å². The number of nitrogens with one attached hydrogen (secondary N) is 3. The fourth-order valence-electron chi connectivity index (χ4n) is 3.54. The Bertz CT molecular complexity index is 1020. The van der Waals surface area contributed by atoms with Gasteiger partial charge in [0.25, 0.3) is 0 Å². The molecule has 160 valence electrons. The molecule has 2 amide bonds. The van der Waals surface area contributed by atoms with Crippen LogP contribution in [0.1, 0.15) is 31.0 Å². The van der Waals surface area contributed by atoms with Gasteiger partial charge in [-0.3, -0.25) is 0 Å². The van der Waals surface area contributed by atoms with Gasteiger partial charge in [-0.25, -0.2) is 9.18 Å². The number of hydrogen-bond acceptors (Lipinski definition) is 3. The van der Waals surface area contributed by atoms with Gasteiger partial charge in [-0.2, -0.15) is 0 Å². The topological polar surface area (TPSA) is 75.4 Å². The van der Waals surface area contributed by atoms with Gasteiger partial charge in [0.15, 0.2) is 11.5 Å². The van der Waals surface area contributed by atoms with E-state index in [1.54, 1.807) is 20.3 Å². The van der Waals surface area contributed by atoms with E-state index >= 15 is 0 Å². The minimum atomic E-state index is -0.274. The molecule has 0 fully saturated rings. The molecule has 0 aliphatic heterocycles. The summed E-state index contributed by atoms with van der Waals surface area (Å²) in [5.41, 5.74) is 2.78. The normalized spacial score (nSPS) is 12.1. The number of rotatable bonds is 8. The molecule has 1 atom stereocenters. The molecule has 0 bridgehead atoms. The van der Waals surface area contributed by atoms with Gasteiger partial charge in [-0.05, 0) is 53.8 Å². The fraction of sp³-hybridized carbons (Fsp3) is 0.348. The lowest BCUT2D eigenvalue weighted by atomic mass is 9.96. The molecule has 0 aliphatic rings. The zero-order valence-corrected chi connectivity index (χ0v) is 17.7. The first-order chi connectivity index (χ1) is 14.4. The highest BCUT2D eigenvalue weighted by atomic mass is 19.1. The van der Waals surface area contributed by atoms with Crippen LogP contribution in [0.15, 0.2) is 42.6 Å². The number of fused-ring (bicyclic) bond motifs is 1. The summed E-state index contributed by atoms with van der Waals surface area (Å²) >= 11 is 0. The molecule has 0 saturated carbocycles. The lowest BCUT2D eigenvalue weighted by Crippen LogP contribution is -2.40. The van der Waals surface area contributed by atoms with Crippen molar-refractivity contribution in [3.8, 4) is 11.5 Å². The third-order valence-electron chi connectivity index (χ3n) is 5.13. The summed E-state index contributed by atoms with van der Waals surface area (Å²) in [4.78, 5) is 15.6. The maximum atomic E-state index is 13.5. The SMILES string of the molecule is COc1ccc([C@H](NC(=O)NCCc2c[nH]c3ccc(F)cc23)C(C)C)cc1OC. The molecule has 3 N–H and O–H groups in total. The van der Waals surface area contributed by atoms with Gasteiger partial charge in [-0.15, -0.1) is 0 Å². The van der Waals surface area contributed by atoms with Gasteiger partial charge in [0.2, 0.25) is 0 Å². The molecule has 2 aromatic carbocycles. The lowest BCUT2D eigenvalue weighted by molar-refractivity contribution is 0.233. The standard InChI is InChI=1S/C23H28FN3O3/c1-14(2)22(15-5-8-20(29-3)21(11-15)30-4)27-23(28)25-10-9-16-13-26-19-7-6-17(24)12-18(16)19/h5-8,11-14,22,26H,9-10H2,1-4H3,(H2,25,27,28)/t22-/m1/s1. The molecule has 0 unspecified atom stereocenters. The van der Waals surface area contributed by atoms with Crippen LogP contribution >= 0.6 is 0 Å². The summed E-state index contributed by atoms with van der Waals surface area (Å²) in [6.45, 7) is 4.52. The third-order valence-corrected chi connectivity index (χ3v) is 5.13. The van der Waals surface area contributed by atoms with E-state index in [1.165, 1.54) is 12.1 Å². The Morgan fingerprint density at radius 2 is 1.87 bits per heavy atom. The van der Waals surface area contributed by atoms with Crippen LogP contribution in [0, 0.1) is 11.7 Å². The number of amides is 2. The number of ether oxygens (including phenoxy) is 2. The van der Waals surface area contributed by atoms with Crippen LogP contribution in [-0.2, 0) is 6.42 Å². The van der Waals surface area contributed by atoms with Crippen LogP contribution in [0.5, 0.6) is 11.5 Å². The molecule has 1 heterocycles. The summed E-state index contributed by atoms with van der Waals surface area (Å²) in [5, 5.41) is 6.76. The maximum Gasteiger partial charge on any atom is 0.315 e. The number of benzene rings is 2. The second-order valence-corrected chi connectivity index (χ2v) is 7.49. The first-order valence-corrected chi connectivity index (χ1v) is 9.94. The van der Waals surface area contributed by atoms with Gasteiger partial charge in [0.05, 0.1) is 20.3 Å². The highest BCUT2D eigenvalue weighted by molar-refractivity contribution is 5.83. The Balaban J connectivity index is 1.62. The second kappa shape index (κ2) is 9.52. The number of urea groups is 1. The molecule has 0 saturated heterocycles. The first-order valence-electron chi connectivity index (χ1n) is 9.94. The van der Waals surface area contributed by atoms with Crippen molar-refractivity contribution in [3.05, 3.63) is 59.5 Å². The van der Waals surface area contributed by atoms with Crippen molar-refractivity contribution in [1.82, 2.24) is 15.6 Å². The first kappa shape index (κ1) is 21.5. The summed E-state index contributed by atoms with van der Waals surface area (Å²) in [6.07, 6.45) is 2.45. The van der Waals surface area contributed by atoms with Gasteiger partial charge in [0, 0.05) is 23.6 Å². The molecule has 7 heteroatoms. The maximum absolute atomic E-state index is 13.5. The average Bonchev–Trinajstić information content (AvgIpc) is 3.13. The molecular weight excluding hydrogens is 385 g/mol. The molecule has 3 aromatic rings. The summed E-state index contributed by atoms with van der Waals surface area (Å²) in [5.74, 6) is 1.16. The van der Waals surface area contributed by atoms with Crippen molar-refractivity contribution >= 4 is 16.9 Å². The fourth-order valence-corrected chi connectivity index (χ4v) is 3.54. The van der Waals surface area contributed by atoms with E-state index in [-0.39, 0.29) is 23.8 Å². The van der Waals surface area contributed by atoms with Crippen molar-refractivity contribution in [2.45, 2.75) is 26.3 Å². The Morgan fingerprint density at radius 3 is 2.57 bits per heavy atom. The van der Waals surface area contributed by atoms with E-state index in [0.717, 1.165) is 22.0 Å². The summed E-state index contributed by atoms with van der Waals surface area (Å²) in [7, 11) is 3.17. The molecule has 1 aromatic heterocycles. The number of hydrogen-bond donors (Lipinski definition) is 3. The molecule has 0 aliphatic carbocycles. The van der Waals surface area contributed by atoms with Gasteiger partial charge < -0.3 is 25.1 Å². The highest BCUT2D eigenvalue weighted by Gasteiger charge is 2.20. The van der Waals surface area contributed by atoms with Gasteiger partial charge >= 0.3 is 6.03 Å². The zero-order chi connectivity index (χ0) is 21.7. The number of aromatic nitrogens is 1. The van der Waals surface area contributed by atoms with Crippen molar-refractivity contribution in [2.24, 2.45) is 5.92 Å². The van der Waals surface area contributed by atoms with Gasteiger partial charge in [0.1, 0.15) is 5.82 Å². The molecule has 6 nitrogen and oxygen atoms in total. The van der Waals surface area contributed by atoms with E-state index in [0.29, 0.717) is 24.5 Å². The number of carbonyl (C=O) groups is 1. The molecular formula is C23H28FN3O3. The van der Waals surface area contributed by atoms with Crippen LogP contribution in [0.25, 0.3) is 10.9 Å². The molecule has 0 radical (unpaired) electrons. The van der Waals surface area contributed by atoms with E-state index in [2.05, 4.69) is 15.6 Å². The molecule has 3 rings (SSSR count). The Hall–Kier alpha value is -3.22. The lowest BCUT2D eigenvalue weighted by Gasteiger charge is -2.24. The highest BCUT2D eigenvalue weighted by Crippen LogP contribution is 2.32. The minimum Gasteiger partial charge on any atom is -0.493 e. The van der Waals surface area contributed by atoms with E-state index in [4.69, 9.17) is 9.47 Å². The molecule has 0 spiro atoms. The predicted octanol–water partition coefficient (Wildman–Crippen LogP) is 4.56. The van der Waals surface area contributed by atoms with Crippen molar-refractivity contribution in [2.75, 3.05) is 20.8 Å². The van der Waals surface area contributed by atoms with E-state index in [1.807, 2.05) is 38.2 Å². The monoisotopic (exact) mass is 413 g/mol. The summed E-state index contributed by atoms with van der Waals surface area (Å²) in [6, 6.07) is 9.84. The van der Waals surface area contributed by atoms with Crippen molar-refractivity contribution in [1.29, 1.82) is 0 Å². The van der Waals surface area contributed by atoms with Crippen LogP contribution in [-0.4, -0.2) is 31.8 Å². The van der Waals surface area contributed by atoms with Crippen molar-refractivity contribution in [3.63, 3.8) is 0 Å². The van der Waals surface area contributed by atoms with Crippen LogP contribution in [0.2, 0.25) is 0 Å². The number of H-pyrrole nitrogens is 1. The smallest absolute Gasteiger partial charge is 0.315 e. The van der Waals surface area contributed by atoms with Crippen LogP contribution in [0.4, 0.5) is 9.18 Å². The van der Waals surface area contributed by atoms with Crippen LogP contribution in [0.3, 0.4) is 0 Å². The number of halogens is 1. The van der Waals surface area contributed by atoms with E-state index in [9.17, 15) is 9.18 Å². The molecule has 30 heavy (non-hydrogen) atoms. The number of methoxy groups -OCH3 is 2. The largest absolute Gasteiger partial charge is 0.493 e. The Labute approximate surface area is 175 Å². The van der Waals surface area contributed by atoms with Crippen molar-refractivity contribution < 1.29 is 18.7 Å². The third kappa shape index (κ3) is 4.84. The number of aromatic amines is 1. The predicted molar refractivity (Wildman–Crippen MR) is 116 cm³/mol. The quantitative estimate of drug-likeness (QED) is 0.507.